The average molecular weight is 293 g/mol. The molecule has 0 saturated carbocycles. The maximum absolute atomic E-state index is 13.8. The minimum atomic E-state index is -0.685. The lowest BCUT2D eigenvalue weighted by molar-refractivity contribution is -0.384. The first-order valence-electron chi connectivity index (χ1n) is 5.95. The number of ether oxygens (including phenoxy) is 2. The van der Waals surface area contributed by atoms with E-state index in [4.69, 9.17) is 9.47 Å². The van der Waals surface area contributed by atoms with Gasteiger partial charge in [-0.05, 0) is 12.1 Å². The molecule has 7 heteroatoms. The highest BCUT2D eigenvalue weighted by Crippen LogP contribution is 2.37. The molecule has 0 atom stereocenters. The molecule has 110 valence electrons. The van der Waals surface area contributed by atoms with Gasteiger partial charge in [0.2, 0.25) is 0 Å². The first-order chi connectivity index (χ1) is 10.1. The quantitative estimate of drug-likeness (QED) is 0.677. The molecule has 0 bridgehead atoms. The number of halogens is 1. The van der Waals surface area contributed by atoms with Crippen LogP contribution in [0.5, 0.6) is 17.2 Å². The third-order valence-corrected chi connectivity index (χ3v) is 2.79. The molecule has 6 nitrogen and oxygen atoms in total. The molecule has 0 aliphatic heterocycles. The number of methoxy groups -OCH3 is 1. The molecule has 2 aromatic rings. The van der Waals surface area contributed by atoms with Crippen molar-refractivity contribution in [3.8, 4) is 17.2 Å². The first kappa shape index (κ1) is 14.7. The zero-order chi connectivity index (χ0) is 15.4. The van der Waals surface area contributed by atoms with E-state index in [-0.39, 0.29) is 28.5 Å². The number of aliphatic hydroxyl groups excluding tert-OH is 1. The first-order valence-corrected chi connectivity index (χ1v) is 5.95. The minimum Gasteiger partial charge on any atom is -0.493 e. The molecular formula is C14H12FNO5. The van der Waals surface area contributed by atoms with Gasteiger partial charge in [-0.15, -0.1) is 0 Å². The van der Waals surface area contributed by atoms with Crippen molar-refractivity contribution in [2.24, 2.45) is 0 Å². The Kier molecular flexibility index (Phi) is 4.34. The van der Waals surface area contributed by atoms with Gasteiger partial charge in [-0.3, -0.25) is 10.1 Å². The highest BCUT2D eigenvalue weighted by Gasteiger charge is 2.17. The largest absolute Gasteiger partial charge is 0.493 e. The van der Waals surface area contributed by atoms with Crippen molar-refractivity contribution in [1.82, 2.24) is 0 Å². The lowest BCUT2D eigenvalue weighted by Crippen LogP contribution is -1.98. The minimum absolute atomic E-state index is 0.00787. The molecule has 0 aromatic heterocycles. The van der Waals surface area contributed by atoms with Crippen molar-refractivity contribution in [3.05, 3.63) is 57.9 Å². The number of benzene rings is 2. The van der Waals surface area contributed by atoms with Gasteiger partial charge in [-0.1, -0.05) is 12.1 Å². The molecule has 0 fully saturated rings. The smallest absolute Gasteiger partial charge is 0.273 e. The molecule has 0 radical (unpaired) electrons. The summed E-state index contributed by atoms with van der Waals surface area (Å²) >= 11 is 0. The van der Waals surface area contributed by atoms with Crippen LogP contribution in [0, 0.1) is 15.9 Å². The predicted molar refractivity (Wildman–Crippen MR) is 72.0 cm³/mol. The van der Waals surface area contributed by atoms with Crippen LogP contribution in [-0.4, -0.2) is 17.1 Å². The molecule has 0 saturated heterocycles. The second kappa shape index (κ2) is 6.19. The molecule has 0 heterocycles. The summed E-state index contributed by atoms with van der Waals surface area (Å²) in [6, 6.07) is 7.82. The highest BCUT2D eigenvalue weighted by molar-refractivity contribution is 5.51. The molecule has 21 heavy (non-hydrogen) atoms. The number of non-ortho nitro benzene ring substituents is 1. The van der Waals surface area contributed by atoms with E-state index in [1.807, 2.05) is 0 Å². The summed E-state index contributed by atoms with van der Waals surface area (Å²) in [5, 5.41) is 20.0. The van der Waals surface area contributed by atoms with E-state index in [1.54, 1.807) is 0 Å². The molecular weight excluding hydrogens is 281 g/mol. The number of nitro benzene ring substituents is 1. The van der Waals surface area contributed by atoms with Gasteiger partial charge in [0, 0.05) is 11.6 Å². The molecule has 1 N–H and O–H groups in total. The van der Waals surface area contributed by atoms with E-state index in [1.165, 1.54) is 37.4 Å². The Hall–Kier alpha value is -2.67. The van der Waals surface area contributed by atoms with Crippen molar-refractivity contribution >= 4 is 5.69 Å². The molecule has 0 spiro atoms. The lowest BCUT2D eigenvalue weighted by Gasteiger charge is -2.13. The van der Waals surface area contributed by atoms with Crippen LogP contribution in [0.25, 0.3) is 0 Å². The number of nitrogens with zero attached hydrogens (tertiary/aromatic N) is 1. The van der Waals surface area contributed by atoms with Crippen LogP contribution in [0.2, 0.25) is 0 Å². The van der Waals surface area contributed by atoms with Gasteiger partial charge in [-0.2, -0.15) is 0 Å². The van der Waals surface area contributed by atoms with Gasteiger partial charge in [0.15, 0.2) is 23.1 Å². The highest BCUT2D eigenvalue weighted by atomic mass is 19.1. The van der Waals surface area contributed by atoms with E-state index < -0.39 is 17.3 Å². The zero-order valence-electron chi connectivity index (χ0n) is 11.1. The monoisotopic (exact) mass is 293 g/mol. The standard InChI is InChI=1S/C14H12FNO5/c1-20-12-6-5-10(16(18)19)7-13(12)21-14-9(8-17)3-2-4-11(14)15/h2-7,17H,8H2,1H3. The summed E-state index contributed by atoms with van der Waals surface area (Å²) in [5.41, 5.74) is 0.0104. The van der Waals surface area contributed by atoms with Crippen LogP contribution in [0.3, 0.4) is 0 Å². The van der Waals surface area contributed by atoms with Crippen LogP contribution in [-0.2, 0) is 6.61 Å². The lowest BCUT2D eigenvalue weighted by atomic mass is 10.2. The Bertz CT molecular complexity index is 674. The van der Waals surface area contributed by atoms with E-state index in [0.717, 1.165) is 6.07 Å². The normalized spacial score (nSPS) is 10.2. The van der Waals surface area contributed by atoms with Crippen molar-refractivity contribution in [1.29, 1.82) is 0 Å². The van der Waals surface area contributed by atoms with Gasteiger partial charge in [0.25, 0.3) is 5.69 Å². The molecule has 2 rings (SSSR count). The fourth-order valence-corrected chi connectivity index (χ4v) is 1.76. The number of rotatable bonds is 5. The van der Waals surface area contributed by atoms with Gasteiger partial charge in [0.05, 0.1) is 24.7 Å². The number of nitro groups is 1. The zero-order valence-corrected chi connectivity index (χ0v) is 11.1. The fourth-order valence-electron chi connectivity index (χ4n) is 1.76. The number of aliphatic hydroxyl groups is 1. The number of hydrogen-bond donors (Lipinski definition) is 1. The Morgan fingerprint density at radius 3 is 2.67 bits per heavy atom. The average Bonchev–Trinajstić information content (AvgIpc) is 2.49. The van der Waals surface area contributed by atoms with E-state index >= 15 is 0 Å². The van der Waals surface area contributed by atoms with Crippen LogP contribution < -0.4 is 9.47 Å². The van der Waals surface area contributed by atoms with Crippen LogP contribution in [0.4, 0.5) is 10.1 Å². The SMILES string of the molecule is COc1ccc([N+](=O)[O-])cc1Oc1c(F)cccc1CO. The maximum atomic E-state index is 13.8. The van der Waals surface area contributed by atoms with Crippen molar-refractivity contribution in [2.75, 3.05) is 7.11 Å². The molecule has 2 aromatic carbocycles. The van der Waals surface area contributed by atoms with E-state index in [9.17, 15) is 19.6 Å². The van der Waals surface area contributed by atoms with Crippen molar-refractivity contribution in [2.45, 2.75) is 6.61 Å². The van der Waals surface area contributed by atoms with Gasteiger partial charge in [0.1, 0.15) is 0 Å². The third kappa shape index (κ3) is 3.09. The molecule has 0 amide bonds. The van der Waals surface area contributed by atoms with E-state index in [0.29, 0.717) is 0 Å². The van der Waals surface area contributed by atoms with Crippen LogP contribution >= 0.6 is 0 Å². The maximum Gasteiger partial charge on any atom is 0.273 e. The summed E-state index contributed by atoms with van der Waals surface area (Å²) in [5.74, 6) is -0.673. The second-order valence-electron chi connectivity index (χ2n) is 4.08. The Balaban J connectivity index is 2.48. The summed E-state index contributed by atoms with van der Waals surface area (Å²) < 4.78 is 24.2. The third-order valence-electron chi connectivity index (χ3n) is 2.79. The van der Waals surface area contributed by atoms with Crippen molar-refractivity contribution in [3.63, 3.8) is 0 Å². The number of hydrogen-bond acceptors (Lipinski definition) is 5. The topological polar surface area (TPSA) is 81.8 Å². The van der Waals surface area contributed by atoms with Gasteiger partial charge < -0.3 is 14.6 Å². The fraction of sp³-hybridized carbons (Fsp3) is 0.143. The van der Waals surface area contributed by atoms with Crippen LogP contribution in [0.1, 0.15) is 5.56 Å². The summed E-state index contributed by atoms with van der Waals surface area (Å²) in [7, 11) is 1.36. The Morgan fingerprint density at radius 1 is 1.29 bits per heavy atom. The van der Waals surface area contributed by atoms with Gasteiger partial charge >= 0.3 is 0 Å². The Labute approximate surface area is 119 Å². The molecule has 0 unspecified atom stereocenters. The summed E-state index contributed by atoms with van der Waals surface area (Å²) in [6.07, 6.45) is 0. The van der Waals surface area contributed by atoms with Gasteiger partial charge in [-0.25, -0.2) is 4.39 Å². The molecule has 0 aliphatic carbocycles. The summed E-state index contributed by atoms with van der Waals surface area (Å²) in [6.45, 7) is -0.426. The van der Waals surface area contributed by atoms with Crippen LogP contribution in [0.15, 0.2) is 36.4 Å². The van der Waals surface area contributed by atoms with Crippen molar-refractivity contribution < 1.29 is 23.9 Å². The summed E-state index contributed by atoms with van der Waals surface area (Å²) in [4.78, 5) is 10.2. The number of para-hydroxylation sites is 1. The Morgan fingerprint density at radius 2 is 2.05 bits per heavy atom. The molecule has 0 aliphatic rings. The predicted octanol–water partition coefficient (Wildman–Crippen LogP) is 3.03. The second-order valence-corrected chi connectivity index (χ2v) is 4.08. The van der Waals surface area contributed by atoms with E-state index in [2.05, 4.69) is 0 Å².